The SMILES string of the molecule is CC(C)c1ccnc(-c2[c-]ccc3c2oc2c3ccc3nc(-c4ccccc4)oc32)c1.CC(C)c1ccnc(-c2[c-]cccc2)c1.[Ir]. The van der Waals surface area contributed by atoms with Gasteiger partial charge in [0.1, 0.15) is 5.52 Å². The van der Waals surface area contributed by atoms with Crippen LogP contribution in [-0.2, 0) is 20.1 Å². The number of fused-ring (bicyclic) bond motifs is 5. The Kier molecular flexibility index (Phi) is 9.44. The zero-order valence-corrected chi connectivity index (χ0v) is 29.0. The van der Waals surface area contributed by atoms with Crippen molar-refractivity contribution in [3.8, 4) is 34.0 Å². The summed E-state index contributed by atoms with van der Waals surface area (Å²) in [7, 11) is 0. The predicted molar refractivity (Wildman–Crippen MR) is 185 cm³/mol. The Labute approximate surface area is 288 Å². The monoisotopic (exact) mass is 792 g/mol. The Bertz CT molecular complexity index is 2270. The second-order valence-corrected chi connectivity index (χ2v) is 11.9. The van der Waals surface area contributed by atoms with Gasteiger partial charge in [0.05, 0.1) is 5.58 Å². The van der Waals surface area contributed by atoms with E-state index in [9.17, 15) is 0 Å². The summed E-state index contributed by atoms with van der Waals surface area (Å²) in [4.78, 5) is 13.6. The molecule has 4 aromatic heterocycles. The van der Waals surface area contributed by atoms with Gasteiger partial charge in [0.2, 0.25) is 5.89 Å². The van der Waals surface area contributed by atoms with Gasteiger partial charge in [0.15, 0.2) is 11.2 Å². The summed E-state index contributed by atoms with van der Waals surface area (Å²) in [6, 6.07) is 40.7. The molecule has 0 aliphatic heterocycles. The molecule has 0 fully saturated rings. The molecule has 0 bridgehead atoms. The first kappa shape index (κ1) is 32.1. The minimum absolute atomic E-state index is 0. The van der Waals surface area contributed by atoms with E-state index in [-0.39, 0.29) is 20.1 Å². The second kappa shape index (κ2) is 13.8. The van der Waals surface area contributed by atoms with Crippen molar-refractivity contribution in [1.29, 1.82) is 0 Å². The number of furan rings is 1. The maximum absolute atomic E-state index is 6.40. The minimum atomic E-state index is 0. The largest absolute Gasteiger partial charge is 0.497 e. The molecule has 0 aliphatic rings. The Hall–Kier alpha value is -4.90. The Morgan fingerprint density at radius 2 is 1.28 bits per heavy atom. The molecule has 8 aromatic rings. The summed E-state index contributed by atoms with van der Waals surface area (Å²) in [6.07, 6.45) is 3.71. The number of hydrogen-bond acceptors (Lipinski definition) is 5. The van der Waals surface area contributed by atoms with Crippen molar-refractivity contribution in [2.24, 2.45) is 0 Å². The van der Waals surface area contributed by atoms with E-state index in [1.54, 1.807) is 0 Å². The first-order valence-corrected chi connectivity index (χ1v) is 15.6. The molecule has 0 amide bonds. The van der Waals surface area contributed by atoms with Crippen LogP contribution in [0.4, 0.5) is 0 Å². The van der Waals surface area contributed by atoms with Crippen LogP contribution in [0.15, 0.2) is 124 Å². The molecule has 235 valence electrons. The standard InChI is InChI=1S/C27H19N2O2.C14H14N.Ir/c1-16(2)18-13-14-28-23(15-18)21-10-6-9-19-20-11-12-22-26(25(20)30-24(19)21)31-27(29-22)17-7-4-3-5-8-17;1-11(2)13-8-9-15-14(10-13)12-6-4-3-5-7-12;/h3-9,11-16H,1-2H3;3-6,8-11H,1-2H3;/q2*-1;. The number of oxazole rings is 1. The molecule has 8 rings (SSSR count). The molecule has 47 heavy (non-hydrogen) atoms. The Morgan fingerprint density at radius 1 is 0.596 bits per heavy atom. The van der Waals surface area contributed by atoms with Gasteiger partial charge in [-0.25, -0.2) is 4.98 Å². The van der Waals surface area contributed by atoms with E-state index in [4.69, 9.17) is 8.83 Å². The smallest absolute Gasteiger partial charge is 0.227 e. The van der Waals surface area contributed by atoms with Crippen LogP contribution in [0.1, 0.15) is 50.7 Å². The van der Waals surface area contributed by atoms with E-state index in [0.29, 0.717) is 28.9 Å². The minimum Gasteiger partial charge on any atom is -0.497 e. The van der Waals surface area contributed by atoms with Gasteiger partial charge in [0.25, 0.3) is 0 Å². The van der Waals surface area contributed by atoms with Gasteiger partial charge in [0, 0.05) is 43.4 Å². The van der Waals surface area contributed by atoms with Crippen LogP contribution in [0.3, 0.4) is 0 Å². The van der Waals surface area contributed by atoms with Crippen LogP contribution in [0.2, 0.25) is 0 Å². The van der Waals surface area contributed by atoms with Crippen LogP contribution in [0, 0.1) is 12.1 Å². The molecule has 4 heterocycles. The molecule has 0 N–H and O–H groups in total. The predicted octanol–water partition coefficient (Wildman–Crippen LogP) is 11.0. The summed E-state index contributed by atoms with van der Waals surface area (Å²) >= 11 is 0. The number of benzene rings is 4. The molecule has 6 heteroatoms. The fraction of sp³-hybridized carbons (Fsp3) is 0.146. The zero-order chi connectivity index (χ0) is 31.6. The Morgan fingerprint density at radius 3 is 1.98 bits per heavy atom. The maximum atomic E-state index is 6.40. The fourth-order valence-electron chi connectivity index (χ4n) is 5.53. The molecule has 0 spiro atoms. The van der Waals surface area contributed by atoms with Gasteiger partial charge in [-0.1, -0.05) is 80.1 Å². The number of pyridine rings is 2. The molecule has 4 aromatic carbocycles. The van der Waals surface area contributed by atoms with Crippen LogP contribution in [-0.4, -0.2) is 15.0 Å². The third-order valence-corrected chi connectivity index (χ3v) is 8.12. The van der Waals surface area contributed by atoms with E-state index in [2.05, 4.69) is 79.0 Å². The van der Waals surface area contributed by atoms with Gasteiger partial charge in [-0.3, -0.25) is 0 Å². The van der Waals surface area contributed by atoms with Crippen molar-refractivity contribution in [2.45, 2.75) is 39.5 Å². The summed E-state index contributed by atoms with van der Waals surface area (Å²) < 4.78 is 12.6. The van der Waals surface area contributed by atoms with Crippen molar-refractivity contribution in [3.05, 3.63) is 139 Å². The van der Waals surface area contributed by atoms with Crippen molar-refractivity contribution >= 4 is 33.0 Å². The van der Waals surface area contributed by atoms with Crippen molar-refractivity contribution in [1.82, 2.24) is 15.0 Å². The normalized spacial score (nSPS) is 11.2. The average Bonchev–Trinajstić information content (AvgIpc) is 3.72. The fourth-order valence-corrected chi connectivity index (χ4v) is 5.53. The zero-order valence-electron chi connectivity index (χ0n) is 26.6. The van der Waals surface area contributed by atoms with Gasteiger partial charge in [-0.15, -0.1) is 54.1 Å². The summed E-state index contributed by atoms with van der Waals surface area (Å²) in [6.45, 7) is 8.73. The third kappa shape index (κ3) is 6.53. The number of aromatic nitrogens is 3. The quantitative estimate of drug-likeness (QED) is 0.162. The van der Waals surface area contributed by atoms with Crippen molar-refractivity contribution in [2.75, 3.05) is 0 Å². The third-order valence-electron chi connectivity index (χ3n) is 8.12. The summed E-state index contributed by atoms with van der Waals surface area (Å²) in [5.41, 5.74) is 10.1. The van der Waals surface area contributed by atoms with Gasteiger partial charge in [-0.2, -0.15) is 0 Å². The maximum Gasteiger partial charge on any atom is 0.227 e. The van der Waals surface area contributed by atoms with Gasteiger partial charge >= 0.3 is 0 Å². The van der Waals surface area contributed by atoms with Gasteiger partial charge in [-0.05, 0) is 59.6 Å². The number of rotatable bonds is 5. The Balaban J connectivity index is 0.000000204. The number of hydrogen-bond donors (Lipinski definition) is 0. The molecular formula is C41H33IrN3O2-2. The topological polar surface area (TPSA) is 65.0 Å². The van der Waals surface area contributed by atoms with Crippen LogP contribution >= 0.6 is 0 Å². The second-order valence-electron chi connectivity index (χ2n) is 11.9. The van der Waals surface area contributed by atoms with E-state index >= 15 is 0 Å². The molecular weight excluding hydrogens is 759 g/mol. The molecule has 5 nitrogen and oxygen atoms in total. The number of nitrogens with zero attached hydrogens (tertiary/aromatic N) is 3. The molecule has 0 atom stereocenters. The summed E-state index contributed by atoms with van der Waals surface area (Å²) in [5, 5.41) is 2.01. The van der Waals surface area contributed by atoms with E-state index in [0.717, 1.165) is 50.0 Å². The van der Waals surface area contributed by atoms with Crippen LogP contribution in [0.5, 0.6) is 0 Å². The summed E-state index contributed by atoms with van der Waals surface area (Å²) in [5.74, 6) is 1.54. The van der Waals surface area contributed by atoms with E-state index in [1.807, 2.05) is 91.3 Å². The molecule has 1 radical (unpaired) electrons. The molecule has 0 saturated carbocycles. The van der Waals surface area contributed by atoms with E-state index in [1.165, 1.54) is 11.1 Å². The van der Waals surface area contributed by atoms with E-state index < -0.39 is 0 Å². The molecule has 0 unspecified atom stereocenters. The molecule has 0 aliphatic carbocycles. The van der Waals surface area contributed by atoms with Crippen molar-refractivity contribution in [3.63, 3.8) is 0 Å². The van der Waals surface area contributed by atoms with Crippen LogP contribution < -0.4 is 0 Å². The molecule has 0 saturated heterocycles. The first-order chi connectivity index (χ1) is 22.5. The van der Waals surface area contributed by atoms with Crippen LogP contribution in [0.25, 0.3) is 67.0 Å². The van der Waals surface area contributed by atoms with Crippen molar-refractivity contribution < 1.29 is 28.9 Å². The van der Waals surface area contributed by atoms with Gasteiger partial charge < -0.3 is 18.8 Å². The average molecular weight is 792 g/mol. The first-order valence-electron chi connectivity index (χ1n) is 15.6.